The third kappa shape index (κ3) is 4.63. The van der Waals surface area contributed by atoms with Crippen molar-refractivity contribution in [3.63, 3.8) is 0 Å². The number of benzene rings is 1. The summed E-state index contributed by atoms with van der Waals surface area (Å²) in [5, 5.41) is 13.2. The lowest BCUT2D eigenvalue weighted by atomic mass is 10.00. The zero-order chi connectivity index (χ0) is 13.0. The van der Waals surface area contributed by atoms with E-state index in [4.69, 9.17) is 0 Å². The Bertz CT molecular complexity index is 426. The van der Waals surface area contributed by atoms with Crippen molar-refractivity contribution in [3.8, 4) is 5.75 Å². The molecule has 2 N–H and O–H groups in total. The van der Waals surface area contributed by atoms with Crippen LogP contribution in [0.25, 0.3) is 0 Å². The SMILES string of the molecule is C=CC[C@@H](c1cc(F)ccc1O)N1CCNCC1.Cl.Cl. The Kier molecular flexibility index (Phi) is 8.81. The van der Waals surface area contributed by atoms with Crippen LogP contribution in [0.3, 0.4) is 0 Å². The lowest BCUT2D eigenvalue weighted by Gasteiger charge is -2.35. The number of aromatic hydroxyl groups is 1. The van der Waals surface area contributed by atoms with Gasteiger partial charge in [0.15, 0.2) is 0 Å². The van der Waals surface area contributed by atoms with E-state index < -0.39 is 0 Å². The fourth-order valence-corrected chi connectivity index (χ4v) is 2.42. The third-order valence-corrected chi connectivity index (χ3v) is 3.33. The molecule has 1 aromatic rings. The first kappa shape index (κ1) is 19.2. The molecule has 1 atom stereocenters. The highest BCUT2D eigenvalue weighted by Crippen LogP contribution is 2.32. The maximum Gasteiger partial charge on any atom is 0.123 e. The Balaban J connectivity index is 0.00000180. The molecule has 0 aromatic heterocycles. The fourth-order valence-electron chi connectivity index (χ4n) is 2.42. The Morgan fingerprint density at radius 3 is 2.60 bits per heavy atom. The molecule has 0 spiro atoms. The molecule has 2 rings (SSSR count). The molecule has 1 aliphatic heterocycles. The zero-order valence-electron chi connectivity index (χ0n) is 11.2. The first-order chi connectivity index (χ1) is 8.72. The molecule has 114 valence electrons. The van der Waals surface area contributed by atoms with E-state index in [0.29, 0.717) is 12.0 Å². The molecule has 0 aliphatic carbocycles. The minimum atomic E-state index is -0.313. The number of rotatable bonds is 4. The average Bonchev–Trinajstić information content (AvgIpc) is 2.40. The first-order valence-electron chi connectivity index (χ1n) is 6.26. The molecule has 20 heavy (non-hydrogen) atoms. The van der Waals surface area contributed by atoms with E-state index in [1.807, 2.05) is 6.08 Å². The summed E-state index contributed by atoms with van der Waals surface area (Å²) in [5.74, 6) is -0.159. The first-order valence-corrected chi connectivity index (χ1v) is 6.26. The van der Waals surface area contributed by atoms with E-state index in [1.165, 1.54) is 18.2 Å². The smallest absolute Gasteiger partial charge is 0.123 e. The van der Waals surface area contributed by atoms with Crippen molar-refractivity contribution < 1.29 is 9.50 Å². The van der Waals surface area contributed by atoms with Gasteiger partial charge in [-0.3, -0.25) is 4.90 Å². The van der Waals surface area contributed by atoms with Crippen molar-refractivity contribution in [2.45, 2.75) is 12.5 Å². The number of piperazine rings is 1. The minimum Gasteiger partial charge on any atom is -0.508 e. The van der Waals surface area contributed by atoms with Crippen molar-refractivity contribution in [1.82, 2.24) is 10.2 Å². The van der Waals surface area contributed by atoms with Crippen LogP contribution in [-0.4, -0.2) is 36.2 Å². The summed E-state index contributed by atoms with van der Waals surface area (Å²) < 4.78 is 13.3. The lowest BCUT2D eigenvalue weighted by molar-refractivity contribution is 0.171. The molecule has 3 nitrogen and oxygen atoms in total. The highest BCUT2D eigenvalue weighted by molar-refractivity contribution is 5.85. The molecule has 0 saturated carbocycles. The largest absolute Gasteiger partial charge is 0.508 e. The summed E-state index contributed by atoms with van der Waals surface area (Å²) in [7, 11) is 0. The van der Waals surface area contributed by atoms with Crippen LogP contribution >= 0.6 is 24.8 Å². The minimum absolute atomic E-state index is 0. The molecule has 1 fully saturated rings. The second-order valence-electron chi connectivity index (χ2n) is 4.53. The van der Waals surface area contributed by atoms with E-state index in [-0.39, 0.29) is 42.4 Å². The van der Waals surface area contributed by atoms with Crippen molar-refractivity contribution in [3.05, 3.63) is 42.2 Å². The van der Waals surface area contributed by atoms with Crippen molar-refractivity contribution in [2.75, 3.05) is 26.2 Å². The number of halogens is 3. The van der Waals surface area contributed by atoms with Crippen LogP contribution in [0.2, 0.25) is 0 Å². The number of phenolic OH excluding ortho intramolecular Hbond substituents is 1. The highest BCUT2D eigenvalue weighted by atomic mass is 35.5. The number of nitrogens with zero attached hydrogens (tertiary/aromatic N) is 1. The summed E-state index contributed by atoms with van der Waals surface area (Å²) >= 11 is 0. The maximum absolute atomic E-state index is 13.3. The Morgan fingerprint density at radius 1 is 1.35 bits per heavy atom. The van der Waals surface area contributed by atoms with Crippen LogP contribution in [0.5, 0.6) is 5.75 Å². The molecule has 1 heterocycles. The molecular weight excluding hydrogens is 302 g/mol. The summed E-state index contributed by atoms with van der Waals surface area (Å²) in [4.78, 5) is 2.26. The number of phenols is 1. The van der Waals surface area contributed by atoms with E-state index in [1.54, 1.807) is 0 Å². The molecular formula is C14H21Cl2FN2O. The van der Waals surface area contributed by atoms with Gasteiger partial charge < -0.3 is 10.4 Å². The summed E-state index contributed by atoms with van der Waals surface area (Å²) in [6.07, 6.45) is 2.52. The maximum atomic E-state index is 13.3. The van der Waals surface area contributed by atoms with Crippen molar-refractivity contribution in [2.24, 2.45) is 0 Å². The van der Waals surface area contributed by atoms with Gasteiger partial charge in [-0.1, -0.05) is 6.08 Å². The van der Waals surface area contributed by atoms with Gasteiger partial charge in [-0.25, -0.2) is 4.39 Å². The van der Waals surface area contributed by atoms with Crippen molar-refractivity contribution >= 4 is 24.8 Å². The van der Waals surface area contributed by atoms with Crippen LogP contribution in [0.15, 0.2) is 30.9 Å². The molecule has 1 aromatic carbocycles. The quantitative estimate of drug-likeness (QED) is 0.837. The van der Waals surface area contributed by atoms with Crippen LogP contribution in [0.1, 0.15) is 18.0 Å². The second-order valence-corrected chi connectivity index (χ2v) is 4.53. The predicted octanol–water partition coefficient (Wildman–Crippen LogP) is 2.90. The van der Waals surface area contributed by atoms with Crippen molar-refractivity contribution in [1.29, 1.82) is 0 Å². The fraction of sp³-hybridized carbons (Fsp3) is 0.429. The highest BCUT2D eigenvalue weighted by Gasteiger charge is 2.23. The van der Waals surface area contributed by atoms with Crippen LogP contribution < -0.4 is 5.32 Å². The Morgan fingerprint density at radius 2 is 2.00 bits per heavy atom. The lowest BCUT2D eigenvalue weighted by Crippen LogP contribution is -2.45. The Hall–Kier alpha value is -0.810. The topological polar surface area (TPSA) is 35.5 Å². The van der Waals surface area contributed by atoms with Gasteiger partial charge in [-0.2, -0.15) is 0 Å². The number of hydrogen-bond acceptors (Lipinski definition) is 3. The second kappa shape index (κ2) is 9.19. The zero-order valence-corrected chi connectivity index (χ0v) is 12.9. The van der Waals surface area contributed by atoms with E-state index in [0.717, 1.165) is 26.2 Å². The molecule has 1 saturated heterocycles. The molecule has 0 amide bonds. The van der Waals surface area contributed by atoms with Gasteiger partial charge in [0, 0.05) is 37.8 Å². The standard InChI is InChI=1S/C14H19FN2O.2ClH/c1-2-3-13(17-8-6-16-7-9-17)12-10-11(15)4-5-14(12)18;;/h2,4-5,10,13,16,18H,1,3,6-9H2;2*1H/t13-;;/m0../s1. The van der Waals surface area contributed by atoms with Gasteiger partial charge in [0.1, 0.15) is 11.6 Å². The van der Waals surface area contributed by atoms with Crippen LogP contribution in [0.4, 0.5) is 4.39 Å². The van der Waals surface area contributed by atoms with Crippen LogP contribution in [0, 0.1) is 5.82 Å². The average molecular weight is 323 g/mol. The van der Waals surface area contributed by atoms with Gasteiger partial charge in [0.2, 0.25) is 0 Å². The van der Waals surface area contributed by atoms with E-state index >= 15 is 0 Å². The number of nitrogens with one attached hydrogen (secondary N) is 1. The Labute approximate surface area is 131 Å². The van der Waals surface area contributed by atoms with Gasteiger partial charge in [-0.05, 0) is 24.6 Å². The molecule has 0 unspecified atom stereocenters. The molecule has 1 aliphatic rings. The monoisotopic (exact) mass is 322 g/mol. The van der Waals surface area contributed by atoms with E-state index in [2.05, 4.69) is 16.8 Å². The predicted molar refractivity (Wildman–Crippen MR) is 84.6 cm³/mol. The third-order valence-electron chi connectivity index (χ3n) is 3.33. The molecule has 0 radical (unpaired) electrons. The summed E-state index contributed by atoms with van der Waals surface area (Å²) in [5.41, 5.74) is 0.650. The van der Waals surface area contributed by atoms with Gasteiger partial charge in [0.25, 0.3) is 0 Å². The molecule has 0 bridgehead atoms. The van der Waals surface area contributed by atoms with Gasteiger partial charge >= 0.3 is 0 Å². The number of hydrogen-bond donors (Lipinski definition) is 2. The normalized spacial score (nSPS) is 16.6. The summed E-state index contributed by atoms with van der Waals surface area (Å²) in [6, 6.07) is 4.12. The molecule has 6 heteroatoms. The summed E-state index contributed by atoms with van der Waals surface area (Å²) in [6.45, 7) is 7.39. The van der Waals surface area contributed by atoms with Crippen LogP contribution in [-0.2, 0) is 0 Å². The van der Waals surface area contributed by atoms with E-state index in [9.17, 15) is 9.50 Å². The van der Waals surface area contributed by atoms with Gasteiger partial charge in [0.05, 0.1) is 0 Å². The van der Waals surface area contributed by atoms with Gasteiger partial charge in [-0.15, -0.1) is 31.4 Å².